The summed E-state index contributed by atoms with van der Waals surface area (Å²) in [7, 11) is 0. The highest BCUT2D eigenvalue weighted by Crippen LogP contribution is 2.30. The van der Waals surface area contributed by atoms with Crippen LogP contribution in [0.25, 0.3) is 0 Å². The fourth-order valence-corrected chi connectivity index (χ4v) is 2.12. The Hall–Kier alpha value is -1.65. The van der Waals surface area contributed by atoms with Gasteiger partial charge in [-0.05, 0) is 24.8 Å². The van der Waals surface area contributed by atoms with Gasteiger partial charge in [-0.3, -0.25) is 5.41 Å². The van der Waals surface area contributed by atoms with Crippen LogP contribution in [-0.4, -0.2) is 28.9 Å². The molecule has 0 aromatic carbocycles. The monoisotopic (exact) mass is 233 g/mol. The maximum Gasteiger partial charge on any atom is 0.226 e. The summed E-state index contributed by atoms with van der Waals surface area (Å²) in [4.78, 5) is 10.9. The largest absolute Gasteiger partial charge is 0.382 e. The fraction of sp³-hybridized carbons (Fsp3) is 0.583. The highest BCUT2D eigenvalue weighted by molar-refractivity contribution is 5.93. The van der Waals surface area contributed by atoms with E-state index in [4.69, 9.17) is 11.1 Å². The van der Waals surface area contributed by atoms with E-state index in [2.05, 4.69) is 28.7 Å². The molecule has 1 fully saturated rings. The molecule has 0 aliphatic carbocycles. The number of aryl methyl sites for hydroxylation is 1. The first-order valence-electron chi connectivity index (χ1n) is 5.82. The number of rotatable bonds is 2. The van der Waals surface area contributed by atoms with Gasteiger partial charge in [-0.15, -0.1) is 0 Å². The lowest BCUT2D eigenvalue weighted by Gasteiger charge is -2.20. The number of nitrogens with two attached hydrogens (primary N) is 1. The molecule has 0 amide bonds. The molecule has 2 heterocycles. The van der Waals surface area contributed by atoms with E-state index in [0.29, 0.717) is 17.1 Å². The van der Waals surface area contributed by atoms with E-state index in [9.17, 15) is 0 Å². The topological polar surface area (TPSA) is 78.9 Å². The van der Waals surface area contributed by atoms with Gasteiger partial charge in [0.2, 0.25) is 5.95 Å². The summed E-state index contributed by atoms with van der Waals surface area (Å²) >= 11 is 0. The molecule has 5 nitrogen and oxygen atoms in total. The minimum absolute atomic E-state index is 0.00444. The van der Waals surface area contributed by atoms with Gasteiger partial charge in [0, 0.05) is 18.8 Å². The Kier molecular flexibility index (Phi) is 2.77. The van der Waals surface area contributed by atoms with Gasteiger partial charge in [0.15, 0.2) is 0 Å². The number of nitrogens with one attached hydrogen (secondary N) is 1. The molecule has 17 heavy (non-hydrogen) atoms. The molecule has 0 saturated carbocycles. The van der Waals surface area contributed by atoms with Crippen LogP contribution >= 0.6 is 0 Å². The number of hydrogen-bond acceptors (Lipinski definition) is 4. The first-order chi connectivity index (χ1) is 7.87. The van der Waals surface area contributed by atoms with Crippen molar-refractivity contribution < 1.29 is 0 Å². The third-order valence-corrected chi connectivity index (χ3v) is 3.08. The number of amidine groups is 1. The van der Waals surface area contributed by atoms with Gasteiger partial charge in [0.25, 0.3) is 0 Å². The molecule has 2 rings (SSSR count). The Bertz CT molecular complexity index is 452. The summed E-state index contributed by atoms with van der Waals surface area (Å²) in [6.07, 6.45) is 1.14. The van der Waals surface area contributed by atoms with Gasteiger partial charge in [-0.1, -0.05) is 13.8 Å². The van der Waals surface area contributed by atoms with Gasteiger partial charge in [-0.25, -0.2) is 9.97 Å². The zero-order valence-corrected chi connectivity index (χ0v) is 10.6. The molecule has 0 unspecified atom stereocenters. The van der Waals surface area contributed by atoms with Crippen molar-refractivity contribution in [2.45, 2.75) is 27.2 Å². The van der Waals surface area contributed by atoms with E-state index in [1.165, 1.54) is 0 Å². The Morgan fingerprint density at radius 3 is 2.71 bits per heavy atom. The van der Waals surface area contributed by atoms with Gasteiger partial charge in [0.05, 0.1) is 0 Å². The second-order valence-electron chi connectivity index (χ2n) is 5.44. The number of aromatic nitrogens is 2. The average molecular weight is 233 g/mol. The van der Waals surface area contributed by atoms with E-state index in [-0.39, 0.29) is 5.84 Å². The van der Waals surface area contributed by atoms with Crippen LogP contribution in [0.15, 0.2) is 6.07 Å². The van der Waals surface area contributed by atoms with E-state index in [1.54, 1.807) is 6.07 Å². The summed E-state index contributed by atoms with van der Waals surface area (Å²) in [5.74, 6) is 0.691. The molecule has 5 heteroatoms. The minimum atomic E-state index is -0.00444. The number of hydrogen-bond donors (Lipinski definition) is 2. The molecule has 92 valence electrons. The smallest absolute Gasteiger partial charge is 0.226 e. The molecule has 1 aliphatic heterocycles. The zero-order valence-electron chi connectivity index (χ0n) is 10.6. The van der Waals surface area contributed by atoms with Crippen molar-refractivity contribution in [2.24, 2.45) is 11.1 Å². The van der Waals surface area contributed by atoms with Gasteiger partial charge < -0.3 is 10.6 Å². The van der Waals surface area contributed by atoms with Crippen LogP contribution in [0.1, 0.15) is 31.7 Å². The molecule has 1 aromatic heterocycles. The fourth-order valence-electron chi connectivity index (χ4n) is 2.12. The Morgan fingerprint density at radius 2 is 2.18 bits per heavy atom. The van der Waals surface area contributed by atoms with Crippen LogP contribution in [0.5, 0.6) is 0 Å². The van der Waals surface area contributed by atoms with Gasteiger partial charge in [-0.2, -0.15) is 0 Å². The average Bonchev–Trinajstić information content (AvgIpc) is 2.58. The summed E-state index contributed by atoms with van der Waals surface area (Å²) < 4.78 is 0. The van der Waals surface area contributed by atoms with Crippen LogP contribution in [0.2, 0.25) is 0 Å². The van der Waals surface area contributed by atoms with Crippen molar-refractivity contribution >= 4 is 11.8 Å². The van der Waals surface area contributed by atoms with E-state index in [1.807, 2.05) is 6.92 Å². The van der Waals surface area contributed by atoms with Gasteiger partial charge in [0.1, 0.15) is 11.5 Å². The minimum Gasteiger partial charge on any atom is -0.382 e. The van der Waals surface area contributed by atoms with E-state index in [0.717, 1.165) is 25.2 Å². The molecule has 3 N–H and O–H groups in total. The van der Waals surface area contributed by atoms with E-state index >= 15 is 0 Å². The predicted octanol–water partition coefficient (Wildman–Crippen LogP) is 1.31. The molecule has 0 radical (unpaired) electrons. The zero-order chi connectivity index (χ0) is 12.6. The lowest BCUT2D eigenvalue weighted by atomic mass is 9.93. The van der Waals surface area contributed by atoms with Crippen molar-refractivity contribution in [3.05, 3.63) is 17.5 Å². The third-order valence-electron chi connectivity index (χ3n) is 3.08. The Labute approximate surface area is 102 Å². The highest BCUT2D eigenvalue weighted by Gasteiger charge is 2.30. The maximum absolute atomic E-state index is 7.45. The quantitative estimate of drug-likeness (QED) is 0.596. The summed E-state index contributed by atoms with van der Waals surface area (Å²) in [5, 5.41) is 7.45. The second kappa shape index (κ2) is 3.98. The second-order valence-corrected chi connectivity index (χ2v) is 5.44. The van der Waals surface area contributed by atoms with Crippen molar-refractivity contribution in [1.29, 1.82) is 5.41 Å². The Balaban J connectivity index is 2.30. The molecular weight excluding hydrogens is 214 g/mol. The lowest BCUT2D eigenvalue weighted by molar-refractivity contribution is 0.418. The van der Waals surface area contributed by atoms with Crippen LogP contribution in [0.3, 0.4) is 0 Å². The SMILES string of the molecule is Cc1cc(C(=N)N)nc(N2CCC(C)(C)C2)n1. The lowest BCUT2D eigenvalue weighted by Crippen LogP contribution is -2.26. The van der Waals surface area contributed by atoms with Crippen LogP contribution in [-0.2, 0) is 0 Å². The first kappa shape index (κ1) is 11.8. The standard InChI is InChI=1S/C12H19N5/c1-8-6-9(10(13)14)16-11(15-8)17-5-4-12(2,3)7-17/h6H,4-5,7H2,1-3H3,(H3,13,14). The maximum atomic E-state index is 7.45. The third kappa shape index (κ3) is 2.54. The summed E-state index contributed by atoms with van der Waals surface area (Å²) in [6.45, 7) is 8.31. The van der Waals surface area contributed by atoms with Crippen LogP contribution in [0.4, 0.5) is 5.95 Å². The molecule has 0 spiro atoms. The van der Waals surface area contributed by atoms with Crippen molar-refractivity contribution in [3.63, 3.8) is 0 Å². The predicted molar refractivity (Wildman–Crippen MR) is 68.4 cm³/mol. The van der Waals surface area contributed by atoms with Crippen molar-refractivity contribution in [3.8, 4) is 0 Å². The number of nitrogen functional groups attached to an aromatic ring is 1. The molecule has 1 aromatic rings. The van der Waals surface area contributed by atoms with E-state index < -0.39 is 0 Å². The molecular formula is C12H19N5. The number of anilines is 1. The Morgan fingerprint density at radius 1 is 1.47 bits per heavy atom. The highest BCUT2D eigenvalue weighted by atomic mass is 15.3. The first-order valence-corrected chi connectivity index (χ1v) is 5.82. The molecule has 0 bridgehead atoms. The normalized spacial score (nSPS) is 18.4. The summed E-state index contributed by atoms with van der Waals surface area (Å²) in [6, 6.07) is 1.74. The summed E-state index contributed by atoms with van der Waals surface area (Å²) in [5.41, 5.74) is 7.15. The van der Waals surface area contributed by atoms with Crippen LogP contribution in [0, 0.1) is 17.7 Å². The number of nitrogens with zero attached hydrogens (tertiary/aromatic N) is 3. The van der Waals surface area contributed by atoms with Crippen molar-refractivity contribution in [2.75, 3.05) is 18.0 Å². The molecule has 1 aliphatic rings. The molecule has 1 saturated heterocycles. The van der Waals surface area contributed by atoms with Gasteiger partial charge >= 0.3 is 0 Å². The van der Waals surface area contributed by atoms with Crippen LogP contribution < -0.4 is 10.6 Å². The molecule has 0 atom stereocenters. The van der Waals surface area contributed by atoms with Crippen molar-refractivity contribution in [1.82, 2.24) is 9.97 Å².